The number of aryl methyl sites for hydroxylation is 1. The highest BCUT2D eigenvalue weighted by molar-refractivity contribution is 6.32. The molecular weight excluding hydrogens is 254 g/mol. The summed E-state index contributed by atoms with van der Waals surface area (Å²) in [7, 11) is 1.48. The monoisotopic (exact) mass is 267 g/mol. The molecule has 1 aliphatic rings. The van der Waals surface area contributed by atoms with E-state index in [2.05, 4.69) is 4.99 Å². The summed E-state index contributed by atoms with van der Waals surface area (Å²) in [5.41, 5.74) is 0.652. The first-order chi connectivity index (χ1) is 8.59. The van der Waals surface area contributed by atoms with E-state index in [1.54, 1.807) is 12.1 Å². The standard InChI is InChI=1S/C13H14ClNO3/c1-3-8-6-9(18-2)12(17)10(11(8)14)13(4-5-13)15-7-16/h6,17H,3-5H2,1-2H3. The first-order valence-corrected chi connectivity index (χ1v) is 6.15. The molecular formula is C13H14ClNO3. The fraction of sp³-hybridized carbons (Fsp3) is 0.462. The molecule has 0 radical (unpaired) electrons. The molecule has 0 atom stereocenters. The molecule has 1 fully saturated rings. The minimum absolute atomic E-state index is 0.0313. The van der Waals surface area contributed by atoms with Crippen LogP contribution in [0.2, 0.25) is 5.02 Å². The van der Waals surface area contributed by atoms with Crippen LogP contribution in [0.5, 0.6) is 11.5 Å². The Morgan fingerprint density at radius 3 is 2.72 bits per heavy atom. The van der Waals surface area contributed by atoms with E-state index in [1.165, 1.54) is 7.11 Å². The summed E-state index contributed by atoms with van der Waals surface area (Å²) < 4.78 is 5.14. The summed E-state index contributed by atoms with van der Waals surface area (Å²) in [5.74, 6) is 0.329. The number of ether oxygens (including phenoxy) is 1. The zero-order valence-corrected chi connectivity index (χ0v) is 11.0. The van der Waals surface area contributed by atoms with Crippen LogP contribution in [-0.4, -0.2) is 18.3 Å². The fourth-order valence-electron chi connectivity index (χ4n) is 2.14. The van der Waals surface area contributed by atoms with Crippen molar-refractivity contribution in [1.82, 2.24) is 0 Å². The summed E-state index contributed by atoms with van der Waals surface area (Å²) in [6.45, 7) is 1.96. The van der Waals surface area contributed by atoms with E-state index in [9.17, 15) is 9.90 Å². The second-order valence-electron chi connectivity index (χ2n) is 4.36. The molecule has 0 aliphatic heterocycles. The average molecular weight is 268 g/mol. The average Bonchev–Trinajstić information content (AvgIpc) is 3.11. The molecule has 1 saturated carbocycles. The molecule has 0 amide bonds. The Labute approximate surface area is 110 Å². The van der Waals surface area contributed by atoms with Crippen LogP contribution in [0, 0.1) is 0 Å². The zero-order chi connectivity index (χ0) is 13.3. The van der Waals surface area contributed by atoms with Crippen LogP contribution in [0.25, 0.3) is 0 Å². The number of phenolic OH excluding ortho intramolecular Hbond substituents is 1. The number of hydrogen-bond acceptors (Lipinski definition) is 4. The van der Waals surface area contributed by atoms with Gasteiger partial charge in [-0.2, -0.15) is 4.99 Å². The molecule has 2 rings (SSSR count). The van der Waals surface area contributed by atoms with Crippen LogP contribution in [0.4, 0.5) is 0 Å². The highest BCUT2D eigenvalue weighted by atomic mass is 35.5. The van der Waals surface area contributed by atoms with Crippen LogP contribution in [-0.2, 0) is 16.8 Å². The number of phenols is 1. The normalized spacial score (nSPS) is 15.9. The van der Waals surface area contributed by atoms with Crippen molar-refractivity contribution in [3.05, 3.63) is 22.2 Å². The Bertz CT molecular complexity index is 503. The van der Waals surface area contributed by atoms with E-state index in [1.807, 2.05) is 6.92 Å². The van der Waals surface area contributed by atoms with Crippen LogP contribution >= 0.6 is 11.6 Å². The summed E-state index contributed by atoms with van der Waals surface area (Å²) in [6.07, 6.45) is 3.65. The van der Waals surface area contributed by atoms with Gasteiger partial charge >= 0.3 is 0 Å². The van der Waals surface area contributed by atoms with Crippen molar-refractivity contribution in [1.29, 1.82) is 0 Å². The molecule has 0 bridgehead atoms. The smallest absolute Gasteiger partial charge is 0.235 e. The molecule has 0 unspecified atom stereocenters. The Balaban J connectivity index is 2.69. The van der Waals surface area contributed by atoms with Gasteiger partial charge in [-0.1, -0.05) is 18.5 Å². The second kappa shape index (κ2) is 4.63. The van der Waals surface area contributed by atoms with E-state index >= 15 is 0 Å². The summed E-state index contributed by atoms with van der Waals surface area (Å²) in [5, 5.41) is 10.7. The lowest BCUT2D eigenvalue weighted by Gasteiger charge is -2.18. The summed E-state index contributed by atoms with van der Waals surface area (Å²) >= 11 is 6.30. The number of halogens is 1. The van der Waals surface area contributed by atoms with Gasteiger partial charge in [-0.05, 0) is 30.9 Å². The maximum absolute atomic E-state index is 10.5. The van der Waals surface area contributed by atoms with E-state index in [0.29, 0.717) is 35.6 Å². The van der Waals surface area contributed by atoms with Gasteiger partial charge in [0.25, 0.3) is 0 Å². The van der Waals surface area contributed by atoms with Gasteiger partial charge in [-0.3, -0.25) is 0 Å². The van der Waals surface area contributed by atoms with Crippen molar-refractivity contribution in [3.8, 4) is 11.5 Å². The SMILES string of the molecule is CCc1cc(OC)c(O)c(C2(N=C=O)CC2)c1Cl. The molecule has 1 N–H and O–H groups in total. The minimum atomic E-state index is -0.707. The Morgan fingerprint density at radius 2 is 2.28 bits per heavy atom. The number of rotatable bonds is 4. The number of nitrogens with zero attached hydrogens (tertiary/aromatic N) is 1. The van der Waals surface area contributed by atoms with Crippen molar-refractivity contribution >= 4 is 17.7 Å². The van der Waals surface area contributed by atoms with Crippen LogP contribution in [0.1, 0.15) is 30.9 Å². The van der Waals surface area contributed by atoms with Crippen molar-refractivity contribution < 1.29 is 14.6 Å². The van der Waals surface area contributed by atoms with Crippen LogP contribution in [0.3, 0.4) is 0 Å². The van der Waals surface area contributed by atoms with Crippen LogP contribution < -0.4 is 4.74 Å². The predicted octanol–water partition coefficient (Wildman–Crippen LogP) is 2.94. The first-order valence-electron chi connectivity index (χ1n) is 5.77. The Kier molecular flexibility index (Phi) is 3.33. The lowest BCUT2D eigenvalue weighted by Crippen LogP contribution is -2.06. The molecule has 0 heterocycles. The second-order valence-corrected chi connectivity index (χ2v) is 4.74. The first kappa shape index (κ1) is 12.9. The Morgan fingerprint density at radius 1 is 1.61 bits per heavy atom. The lowest BCUT2D eigenvalue weighted by atomic mass is 9.99. The number of hydrogen-bond donors (Lipinski definition) is 1. The molecule has 0 aromatic heterocycles. The maximum atomic E-state index is 10.5. The highest BCUT2D eigenvalue weighted by Crippen LogP contribution is 2.57. The topological polar surface area (TPSA) is 58.9 Å². The predicted molar refractivity (Wildman–Crippen MR) is 68.1 cm³/mol. The van der Waals surface area contributed by atoms with Gasteiger partial charge in [0.2, 0.25) is 6.08 Å². The van der Waals surface area contributed by atoms with Crippen LogP contribution in [0.15, 0.2) is 11.1 Å². The molecule has 4 nitrogen and oxygen atoms in total. The Hall–Kier alpha value is -1.51. The van der Waals surface area contributed by atoms with Gasteiger partial charge < -0.3 is 9.84 Å². The zero-order valence-electron chi connectivity index (χ0n) is 10.3. The van der Waals surface area contributed by atoms with Crippen molar-refractivity contribution in [2.75, 3.05) is 7.11 Å². The summed E-state index contributed by atoms with van der Waals surface area (Å²) in [6, 6.07) is 1.71. The maximum Gasteiger partial charge on any atom is 0.235 e. The number of benzene rings is 1. The van der Waals surface area contributed by atoms with Gasteiger partial charge in [-0.25, -0.2) is 4.79 Å². The third-order valence-electron chi connectivity index (χ3n) is 3.33. The molecule has 96 valence electrons. The third-order valence-corrected chi connectivity index (χ3v) is 3.76. The molecule has 0 saturated heterocycles. The van der Waals surface area contributed by atoms with Crippen molar-refractivity contribution in [2.45, 2.75) is 31.7 Å². The molecule has 1 aliphatic carbocycles. The third kappa shape index (κ3) is 1.88. The fourth-order valence-corrected chi connectivity index (χ4v) is 2.59. The van der Waals surface area contributed by atoms with Gasteiger partial charge in [0.1, 0.15) is 5.54 Å². The molecule has 5 heteroatoms. The lowest BCUT2D eigenvalue weighted by molar-refractivity contribution is 0.367. The van der Waals surface area contributed by atoms with Gasteiger partial charge in [0, 0.05) is 5.56 Å². The van der Waals surface area contributed by atoms with Crippen molar-refractivity contribution in [2.24, 2.45) is 4.99 Å². The van der Waals surface area contributed by atoms with Crippen molar-refractivity contribution in [3.63, 3.8) is 0 Å². The molecule has 1 aromatic rings. The quantitative estimate of drug-likeness (QED) is 0.674. The van der Waals surface area contributed by atoms with Gasteiger partial charge in [0.05, 0.1) is 12.1 Å². The van der Waals surface area contributed by atoms with E-state index in [-0.39, 0.29) is 5.75 Å². The number of carbonyl (C=O) groups excluding carboxylic acids is 1. The van der Waals surface area contributed by atoms with E-state index in [0.717, 1.165) is 5.56 Å². The number of aromatic hydroxyl groups is 1. The van der Waals surface area contributed by atoms with Gasteiger partial charge in [0.15, 0.2) is 11.5 Å². The molecule has 1 aromatic carbocycles. The highest BCUT2D eigenvalue weighted by Gasteiger charge is 2.49. The van der Waals surface area contributed by atoms with E-state index < -0.39 is 5.54 Å². The molecule has 18 heavy (non-hydrogen) atoms. The number of methoxy groups -OCH3 is 1. The summed E-state index contributed by atoms with van der Waals surface area (Å²) in [4.78, 5) is 14.3. The molecule has 0 spiro atoms. The van der Waals surface area contributed by atoms with E-state index in [4.69, 9.17) is 16.3 Å². The number of isocyanates is 1. The largest absolute Gasteiger partial charge is 0.504 e. The number of aliphatic imine (C=N–C) groups is 1. The minimum Gasteiger partial charge on any atom is -0.504 e. The van der Waals surface area contributed by atoms with Gasteiger partial charge in [-0.15, -0.1) is 0 Å².